The molecule has 0 unspecified atom stereocenters. The minimum Gasteiger partial charge on any atom is -0.493 e. The highest BCUT2D eigenvalue weighted by Crippen LogP contribution is 2.40. The Labute approximate surface area is 199 Å². The summed E-state index contributed by atoms with van der Waals surface area (Å²) < 4.78 is 18.6. The fourth-order valence-corrected chi connectivity index (χ4v) is 5.16. The summed E-state index contributed by atoms with van der Waals surface area (Å²) in [6.07, 6.45) is 7.64. The van der Waals surface area contributed by atoms with Gasteiger partial charge in [-0.3, -0.25) is 4.79 Å². The van der Waals surface area contributed by atoms with Gasteiger partial charge in [0, 0.05) is 31.2 Å². The van der Waals surface area contributed by atoms with Crippen LogP contribution < -0.4 is 14.2 Å². The van der Waals surface area contributed by atoms with Gasteiger partial charge < -0.3 is 23.7 Å². The fraction of sp³-hybridized carbons (Fsp3) is 0.500. The molecule has 5 rings (SSSR count). The predicted octanol–water partition coefficient (Wildman–Crippen LogP) is 4.13. The number of carbonyl (C=O) groups excluding carboxylic acids is 1. The second-order valence-electron chi connectivity index (χ2n) is 9.14. The molecule has 8 heteroatoms. The molecule has 180 valence electrons. The first-order valence-corrected chi connectivity index (χ1v) is 12.0. The number of likely N-dealkylation sites (tertiary alicyclic amines) is 1. The third-order valence-electron chi connectivity index (χ3n) is 7.21. The van der Waals surface area contributed by atoms with Crippen LogP contribution in [0.3, 0.4) is 0 Å². The first kappa shape index (κ1) is 22.5. The summed E-state index contributed by atoms with van der Waals surface area (Å²) in [5.41, 5.74) is 2.80. The van der Waals surface area contributed by atoms with E-state index in [0.717, 1.165) is 42.7 Å². The van der Waals surface area contributed by atoms with Crippen molar-refractivity contribution in [3.05, 3.63) is 41.9 Å². The van der Waals surface area contributed by atoms with E-state index in [1.807, 2.05) is 29.3 Å². The lowest BCUT2D eigenvalue weighted by molar-refractivity contribution is -0.131. The zero-order valence-corrected chi connectivity index (χ0v) is 20.1. The second-order valence-corrected chi connectivity index (χ2v) is 9.14. The summed E-state index contributed by atoms with van der Waals surface area (Å²) >= 11 is 0. The van der Waals surface area contributed by atoms with E-state index >= 15 is 0 Å². The van der Waals surface area contributed by atoms with Gasteiger partial charge in [-0.05, 0) is 55.5 Å². The van der Waals surface area contributed by atoms with Crippen molar-refractivity contribution in [1.82, 2.24) is 19.4 Å². The molecular weight excluding hydrogens is 432 g/mol. The standard InChI is InChI=1S/C26H32N4O4/c1-32-21-14-17(15-22(33-2)24(21)34-3)16-23(31)29-12-9-19(10-13-29)30-25(18-6-4-7-18)28-20-8-5-11-27-26(20)30/h5,8,11,14-15,18-19H,4,6-7,9-10,12-13,16H2,1-3H3. The predicted molar refractivity (Wildman–Crippen MR) is 129 cm³/mol. The molecule has 2 aliphatic rings. The zero-order valence-electron chi connectivity index (χ0n) is 20.1. The molecule has 2 fully saturated rings. The van der Waals surface area contributed by atoms with Crippen LogP contribution in [0.15, 0.2) is 30.5 Å². The Hall–Kier alpha value is -3.29. The summed E-state index contributed by atoms with van der Waals surface area (Å²) in [5, 5.41) is 0. The van der Waals surface area contributed by atoms with Gasteiger partial charge in [0.25, 0.3) is 0 Å². The number of aromatic nitrogens is 3. The van der Waals surface area contributed by atoms with E-state index in [1.54, 1.807) is 21.3 Å². The first-order valence-electron chi connectivity index (χ1n) is 12.0. The molecule has 3 heterocycles. The lowest BCUT2D eigenvalue weighted by atomic mass is 9.84. The Morgan fingerprint density at radius 2 is 1.74 bits per heavy atom. The van der Waals surface area contributed by atoms with Gasteiger partial charge in [0.1, 0.15) is 11.3 Å². The van der Waals surface area contributed by atoms with Crippen molar-refractivity contribution >= 4 is 17.1 Å². The van der Waals surface area contributed by atoms with Crippen molar-refractivity contribution in [1.29, 1.82) is 0 Å². The summed E-state index contributed by atoms with van der Waals surface area (Å²) in [4.78, 5) is 24.7. The van der Waals surface area contributed by atoms with Crippen LogP contribution in [0.25, 0.3) is 11.2 Å². The molecule has 2 aromatic heterocycles. The number of benzene rings is 1. The van der Waals surface area contributed by atoms with E-state index < -0.39 is 0 Å². The lowest BCUT2D eigenvalue weighted by Gasteiger charge is -2.35. The summed E-state index contributed by atoms with van der Waals surface area (Å²) in [7, 11) is 4.74. The molecule has 0 bridgehead atoms. The summed E-state index contributed by atoms with van der Waals surface area (Å²) in [6.45, 7) is 1.45. The van der Waals surface area contributed by atoms with Crippen LogP contribution in [0.4, 0.5) is 0 Å². The van der Waals surface area contributed by atoms with Gasteiger partial charge in [0.05, 0.1) is 27.8 Å². The number of hydrogen-bond acceptors (Lipinski definition) is 6. The van der Waals surface area contributed by atoms with Gasteiger partial charge in [-0.1, -0.05) is 6.42 Å². The largest absolute Gasteiger partial charge is 0.493 e. The van der Waals surface area contributed by atoms with Crippen molar-refractivity contribution in [2.75, 3.05) is 34.4 Å². The molecule has 1 amide bonds. The summed E-state index contributed by atoms with van der Waals surface area (Å²) in [5.74, 6) is 3.49. The molecule has 1 aromatic carbocycles. The number of amides is 1. The number of hydrogen-bond donors (Lipinski definition) is 0. The van der Waals surface area contributed by atoms with Crippen LogP contribution in [-0.4, -0.2) is 59.8 Å². The van der Waals surface area contributed by atoms with Gasteiger partial charge >= 0.3 is 0 Å². The number of nitrogens with zero attached hydrogens (tertiary/aromatic N) is 4. The SMILES string of the molecule is COc1cc(CC(=O)N2CCC(n3c(C4CCC4)nc4cccnc43)CC2)cc(OC)c1OC. The Bertz CT molecular complexity index is 1150. The van der Waals surface area contributed by atoms with E-state index in [2.05, 4.69) is 15.6 Å². The van der Waals surface area contributed by atoms with Crippen LogP contribution in [0.2, 0.25) is 0 Å². The molecule has 1 saturated carbocycles. The normalized spacial score (nSPS) is 17.0. The van der Waals surface area contributed by atoms with E-state index in [4.69, 9.17) is 19.2 Å². The number of imidazole rings is 1. The van der Waals surface area contributed by atoms with Crippen LogP contribution in [0, 0.1) is 0 Å². The molecule has 34 heavy (non-hydrogen) atoms. The van der Waals surface area contributed by atoms with Crippen molar-refractivity contribution in [3.63, 3.8) is 0 Å². The molecular formula is C26H32N4O4. The smallest absolute Gasteiger partial charge is 0.226 e. The maximum atomic E-state index is 13.1. The first-order chi connectivity index (χ1) is 16.6. The van der Waals surface area contributed by atoms with Crippen molar-refractivity contribution in [2.45, 2.75) is 50.5 Å². The van der Waals surface area contributed by atoms with Crippen molar-refractivity contribution in [3.8, 4) is 17.2 Å². The Kier molecular flexibility index (Phi) is 6.30. The second kappa shape index (κ2) is 9.52. The molecule has 0 radical (unpaired) electrons. The van der Waals surface area contributed by atoms with Gasteiger partial charge in [0.15, 0.2) is 17.1 Å². The third-order valence-corrected chi connectivity index (χ3v) is 7.21. The number of fused-ring (bicyclic) bond motifs is 1. The van der Waals surface area contributed by atoms with E-state index in [9.17, 15) is 4.79 Å². The third kappa shape index (κ3) is 4.06. The molecule has 0 atom stereocenters. The zero-order chi connectivity index (χ0) is 23.7. The number of piperidine rings is 1. The molecule has 1 saturated heterocycles. The number of carbonyl (C=O) groups is 1. The van der Waals surface area contributed by atoms with Crippen molar-refractivity contribution < 1.29 is 19.0 Å². The highest BCUT2D eigenvalue weighted by molar-refractivity contribution is 5.79. The fourth-order valence-electron chi connectivity index (χ4n) is 5.16. The highest BCUT2D eigenvalue weighted by Gasteiger charge is 2.32. The average Bonchev–Trinajstić information content (AvgIpc) is 3.20. The minimum absolute atomic E-state index is 0.112. The molecule has 1 aliphatic carbocycles. The lowest BCUT2D eigenvalue weighted by Crippen LogP contribution is -2.40. The molecule has 1 aliphatic heterocycles. The quantitative estimate of drug-likeness (QED) is 0.523. The topological polar surface area (TPSA) is 78.7 Å². The molecule has 3 aromatic rings. The number of rotatable bonds is 7. The van der Waals surface area contributed by atoms with Crippen LogP contribution in [0.5, 0.6) is 17.2 Å². The Balaban J connectivity index is 1.30. The Morgan fingerprint density at radius 1 is 1.03 bits per heavy atom. The Morgan fingerprint density at radius 3 is 2.32 bits per heavy atom. The van der Waals surface area contributed by atoms with Gasteiger partial charge in [0.2, 0.25) is 11.7 Å². The van der Waals surface area contributed by atoms with E-state index in [-0.39, 0.29) is 5.91 Å². The van der Waals surface area contributed by atoms with Gasteiger partial charge in [-0.25, -0.2) is 9.97 Å². The van der Waals surface area contributed by atoms with Crippen LogP contribution in [0.1, 0.15) is 55.5 Å². The highest BCUT2D eigenvalue weighted by atomic mass is 16.5. The minimum atomic E-state index is 0.112. The van der Waals surface area contributed by atoms with Gasteiger partial charge in [-0.2, -0.15) is 0 Å². The number of ether oxygens (including phenoxy) is 3. The average molecular weight is 465 g/mol. The van der Waals surface area contributed by atoms with Gasteiger partial charge in [-0.15, -0.1) is 0 Å². The monoisotopic (exact) mass is 464 g/mol. The molecule has 8 nitrogen and oxygen atoms in total. The van der Waals surface area contributed by atoms with Crippen molar-refractivity contribution in [2.24, 2.45) is 0 Å². The summed E-state index contributed by atoms with van der Waals surface area (Å²) in [6, 6.07) is 8.02. The maximum absolute atomic E-state index is 13.1. The number of pyridine rings is 1. The van der Waals surface area contributed by atoms with Crippen LogP contribution >= 0.6 is 0 Å². The van der Waals surface area contributed by atoms with E-state index in [1.165, 1.54) is 25.1 Å². The van der Waals surface area contributed by atoms with E-state index in [0.29, 0.717) is 35.6 Å². The van der Waals surface area contributed by atoms with Crippen LogP contribution in [-0.2, 0) is 11.2 Å². The molecule has 0 N–H and O–H groups in total. The molecule has 0 spiro atoms. The number of methoxy groups -OCH3 is 3. The maximum Gasteiger partial charge on any atom is 0.226 e.